The molecule has 2 N–H and O–H groups in total. The van der Waals surface area contributed by atoms with Gasteiger partial charge in [-0.25, -0.2) is 4.39 Å². The smallest absolute Gasteiger partial charge is 0.197 e. The summed E-state index contributed by atoms with van der Waals surface area (Å²) in [6.07, 6.45) is 0.956. The van der Waals surface area contributed by atoms with Crippen molar-refractivity contribution in [3.8, 4) is 11.5 Å². The van der Waals surface area contributed by atoms with Gasteiger partial charge in [0, 0.05) is 18.2 Å². The average molecular weight is 268 g/mol. The van der Waals surface area contributed by atoms with E-state index in [0.29, 0.717) is 18.2 Å². The first-order chi connectivity index (χ1) is 9.12. The van der Waals surface area contributed by atoms with Crippen LogP contribution in [-0.2, 0) is 0 Å². The van der Waals surface area contributed by atoms with Crippen molar-refractivity contribution < 1.29 is 13.9 Å². The van der Waals surface area contributed by atoms with Crippen molar-refractivity contribution in [1.82, 2.24) is 4.90 Å². The first-order valence-electron chi connectivity index (χ1n) is 6.43. The van der Waals surface area contributed by atoms with E-state index in [0.717, 1.165) is 18.5 Å². The number of rotatable bonds is 4. The molecule has 4 nitrogen and oxygen atoms in total. The Balaban J connectivity index is 2.40. The highest BCUT2D eigenvalue weighted by molar-refractivity contribution is 5.49. The van der Waals surface area contributed by atoms with E-state index in [1.165, 1.54) is 20.3 Å². The molecule has 2 unspecified atom stereocenters. The number of ether oxygens (including phenoxy) is 2. The van der Waals surface area contributed by atoms with Crippen LogP contribution >= 0.6 is 0 Å². The highest BCUT2D eigenvalue weighted by atomic mass is 19.1. The Morgan fingerprint density at radius 2 is 2.00 bits per heavy atom. The molecular weight excluding hydrogens is 247 g/mol. The van der Waals surface area contributed by atoms with Crippen LogP contribution in [0.4, 0.5) is 4.39 Å². The summed E-state index contributed by atoms with van der Waals surface area (Å²) in [6.45, 7) is 1.62. The highest BCUT2D eigenvalue weighted by Crippen LogP contribution is 2.43. The Hall–Kier alpha value is -1.33. The quantitative estimate of drug-likeness (QED) is 0.904. The molecule has 1 heterocycles. The summed E-state index contributed by atoms with van der Waals surface area (Å²) in [4.78, 5) is 2.23. The second-order valence-electron chi connectivity index (χ2n) is 5.00. The van der Waals surface area contributed by atoms with E-state index in [1.54, 1.807) is 6.07 Å². The molecule has 0 radical (unpaired) electrons. The molecule has 2 rings (SSSR count). The van der Waals surface area contributed by atoms with E-state index < -0.39 is 5.82 Å². The number of hydrogen-bond donors (Lipinski definition) is 1. The molecule has 0 aliphatic carbocycles. The Bertz CT molecular complexity index is 453. The zero-order chi connectivity index (χ0) is 14.0. The minimum atomic E-state index is -0.404. The van der Waals surface area contributed by atoms with Gasteiger partial charge in [0.05, 0.1) is 14.2 Å². The predicted molar refractivity (Wildman–Crippen MR) is 72.0 cm³/mol. The second kappa shape index (κ2) is 5.75. The maximum absolute atomic E-state index is 13.7. The van der Waals surface area contributed by atoms with E-state index in [9.17, 15) is 4.39 Å². The van der Waals surface area contributed by atoms with Gasteiger partial charge in [-0.15, -0.1) is 0 Å². The number of likely N-dealkylation sites (tertiary alicyclic amines) is 1. The van der Waals surface area contributed by atoms with Gasteiger partial charge in [-0.1, -0.05) is 6.07 Å². The standard InChI is InChI=1S/C14H21FN2O2/c1-17-8-9(7-16)6-12(17)10-4-5-11(15)14(19-3)13(10)18-2/h4-5,9,12H,6-8,16H2,1-3H3. The predicted octanol–water partition coefficient (Wildman–Crippen LogP) is 1.79. The lowest BCUT2D eigenvalue weighted by Gasteiger charge is -2.23. The molecule has 19 heavy (non-hydrogen) atoms. The van der Waals surface area contributed by atoms with E-state index >= 15 is 0 Å². The van der Waals surface area contributed by atoms with Gasteiger partial charge in [-0.05, 0) is 32.0 Å². The fourth-order valence-corrected chi connectivity index (χ4v) is 2.86. The zero-order valence-electron chi connectivity index (χ0n) is 11.6. The summed E-state index contributed by atoms with van der Waals surface area (Å²) in [5.41, 5.74) is 6.70. The van der Waals surface area contributed by atoms with Crippen LogP contribution in [0.1, 0.15) is 18.0 Å². The van der Waals surface area contributed by atoms with Crippen molar-refractivity contribution in [3.63, 3.8) is 0 Å². The Morgan fingerprint density at radius 3 is 2.53 bits per heavy atom. The van der Waals surface area contributed by atoms with Gasteiger partial charge >= 0.3 is 0 Å². The molecule has 1 fully saturated rings. The van der Waals surface area contributed by atoms with Crippen LogP contribution in [0.15, 0.2) is 12.1 Å². The summed E-state index contributed by atoms with van der Waals surface area (Å²) in [7, 11) is 5.04. The van der Waals surface area contributed by atoms with Crippen LogP contribution in [0.2, 0.25) is 0 Å². The van der Waals surface area contributed by atoms with Crippen LogP contribution < -0.4 is 15.2 Å². The van der Waals surface area contributed by atoms with Crippen molar-refractivity contribution in [1.29, 1.82) is 0 Å². The second-order valence-corrected chi connectivity index (χ2v) is 5.00. The zero-order valence-corrected chi connectivity index (χ0v) is 11.6. The van der Waals surface area contributed by atoms with Gasteiger partial charge < -0.3 is 15.2 Å². The van der Waals surface area contributed by atoms with Gasteiger partial charge in [0.25, 0.3) is 0 Å². The lowest BCUT2D eigenvalue weighted by atomic mass is 9.98. The molecule has 1 aliphatic rings. The molecule has 0 amide bonds. The normalized spacial score (nSPS) is 23.6. The Labute approximate surface area is 113 Å². The number of methoxy groups -OCH3 is 2. The maximum Gasteiger partial charge on any atom is 0.197 e. The molecule has 1 aliphatic heterocycles. The molecule has 1 aromatic carbocycles. The summed E-state index contributed by atoms with van der Waals surface area (Å²) < 4.78 is 24.2. The number of nitrogens with zero attached hydrogens (tertiary/aromatic N) is 1. The summed E-state index contributed by atoms with van der Waals surface area (Å²) in [5.74, 6) is 0.719. The van der Waals surface area contributed by atoms with Crippen LogP contribution in [0.3, 0.4) is 0 Å². The monoisotopic (exact) mass is 268 g/mol. The van der Waals surface area contributed by atoms with Crippen LogP contribution in [0, 0.1) is 11.7 Å². The van der Waals surface area contributed by atoms with Crippen LogP contribution in [-0.4, -0.2) is 39.3 Å². The van der Waals surface area contributed by atoms with Crippen molar-refractivity contribution in [2.75, 3.05) is 34.4 Å². The third-order valence-electron chi connectivity index (χ3n) is 3.83. The molecule has 5 heteroatoms. The molecule has 0 spiro atoms. The maximum atomic E-state index is 13.7. The van der Waals surface area contributed by atoms with Crippen molar-refractivity contribution in [2.24, 2.45) is 11.7 Å². The van der Waals surface area contributed by atoms with Crippen LogP contribution in [0.25, 0.3) is 0 Å². The summed E-state index contributed by atoms with van der Waals surface area (Å²) >= 11 is 0. The number of benzene rings is 1. The SMILES string of the molecule is COc1c(F)ccc(C2CC(CN)CN2C)c1OC. The lowest BCUT2D eigenvalue weighted by Crippen LogP contribution is -2.21. The molecule has 1 aromatic rings. The average Bonchev–Trinajstić information content (AvgIpc) is 2.79. The highest BCUT2D eigenvalue weighted by Gasteiger charge is 2.33. The fraction of sp³-hybridized carbons (Fsp3) is 0.571. The number of nitrogens with two attached hydrogens (primary N) is 1. The van der Waals surface area contributed by atoms with Crippen molar-refractivity contribution in [2.45, 2.75) is 12.5 Å². The van der Waals surface area contributed by atoms with Gasteiger partial charge in [0.2, 0.25) is 0 Å². The summed E-state index contributed by atoms with van der Waals surface area (Å²) in [6, 6.07) is 3.40. The first kappa shape index (κ1) is 14.1. The minimum Gasteiger partial charge on any atom is -0.492 e. The van der Waals surface area contributed by atoms with Gasteiger partial charge in [-0.3, -0.25) is 4.90 Å². The molecular formula is C14H21FN2O2. The minimum absolute atomic E-state index is 0.171. The number of halogens is 1. The first-order valence-corrected chi connectivity index (χ1v) is 6.43. The largest absolute Gasteiger partial charge is 0.492 e. The fourth-order valence-electron chi connectivity index (χ4n) is 2.86. The molecule has 0 bridgehead atoms. The van der Waals surface area contributed by atoms with E-state index in [4.69, 9.17) is 15.2 Å². The Morgan fingerprint density at radius 1 is 1.32 bits per heavy atom. The molecule has 106 valence electrons. The van der Waals surface area contributed by atoms with Crippen molar-refractivity contribution in [3.05, 3.63) is 23.5 Å². The van der Waals surface area contributed by atoms with Gasteiger partial charge in [-0.2, -0.15) is 0 Å². The molecule has 2 atom stereocenters. The van der Waals surface area contributed by atoms with E-state index in [-0.39, 0.29) is 11.8 Å². The topological polar surface area (TPSA) is 47.7 Å². The van der Waals surface area contributed by atoms with Gasteiger partial charge in [0.1, 0.15) is 0 Å². The third-order valence-corrected chi connectivity index (χ3v) is 3.83. The molecule has 0 aromatic heterocycles. The van der Waals surface area contributed by atoms with Crippen molar-refractivity contribution >= 4 is 0 Å². The summed E-state index contributed by atoms with van der Waals surface area (Å²) in [5, 5.41) is 0. The van der Waals surface area contributed by atoms with Crippen LogP contribution in [0.5, 0.6) is 11.5 Å². The molecule has 1 saturated heterocycles. The van der Waals surface area contributed by atoms with Gasteiger partial charge in [0.15, 0.2) is 17.3 Å². The third kappa shape index (κ3) is 2.53. The van der Waals surface area contributed by atoms with E-state index in [1.807, 2.05) is 0 Å². The Kier molecular flexibility index (Phi) is 4.27. The number of hydrogen-bond acceptors (Lipinski definition) is 4. The molecule has 0 saturated carbocycles. The van der Waals surface area contributed by atoms with E-state index in [2.05, 4.69) is 11.9 Å². The lowest BCUT2D eigenvalue weighted by molar-refractivity contribution is 0.292.